The van der Waals surface area contributed by atoms with E-state index in [1.807, 2.05) is 0 Å². The van der Waals surface area contributed by atoms with Gasteiger partial charge in [-0.2, -0.15) is 0 Å². The maximum Gasteiger partial charge on any atom is 1.00 e. The number of nitro groups is 1. The van der Waals surface area contributed by atoms with Gasteiger partial charge in [0.05, 0.1) is 4.92 Å². The second-order valence-corrected chi connectivity index (χ2v) is 2.52. The molecule has 0 aliphatic heterocycles. The first kappa shape index (κ1) is 15.5. The van der Waals surface area contributed by atoms with E-state index in [9.17, 15) is 10.1 Å². The molecule has 0 aromatic heterocycles. The minimum absolute atomic E-state index is 0. The topological polar surface area (TPSA) is 43.1 Å². The second kappa shape index (κ2) is 7.45. The van der Waals surface area contributed by atoms with Gasteiger partial charge in [-0.25, -0.2) is 0 Å². The quantitative estimate of drug-likeness (QED) is 0.199. The molecule has 0 fully saturated rings. The molecule has 0 spiro atoms. The van der Waals surface area contributed by atoms with Crippen LogP contribution in [0, 0.1) is 10.1 Å². The molecule has 1 atom stereocenters. The van der Waals surface area contributed by atoms with Crippen molar-refractivity contribution in [1.82, 2.24) is 0 Å². The summed E-state index contributed by atoms with van der Waals surface area (Å²) in [4.78, 5) is 9.70. The maximum atomic E-state index is 10.1. The van der Waals surface area contributed by atoms with Crippen molar-refractivity contribution in [2.24, 2.45) is 0 Å². The summed E-state index contributed by atoms with van der Waals surface area (Å²) in [6.45, 7) is 0. The molecule has 0 amide bonds. The van der Waals surface area contributed by atoms with E-state index in [1.165, 1.54) is 12.1 Å². The number of nitrogens with zero attached hydrogens (tertiary/aromatic N) is 1. The molecular formula is C6H8NNa2O2P. The molecule has 12 heavy (non-hydrogen) atoms. The van der Waals surface area contributed by atoms with E-state index in [0.717, 1.165) is 5.30 Å². The van der Waals surface area contributed by atoms with Crippen LogP contribution in [0.1, 0.15) is 2.85 Å². The van der Waals surface area contributed by atoms with Crippen molar-refractivity contribution in [3.63, 3.8) is 0 Å². The van der Waals surface area contributed by atoms with Crippen molar-refractivity contribution in [1.29, 1.82) is 0 Å². The summed E-state index contributed by atoms with van der Waals surface area (Å²) in [5.74, 6) is 0. The Balaban J connectivity index is -0.000000125. The molecule has 0 saturated carbocycles. The van der Waals surface area contributed by atoms with Crippen LogP contribution in [0.5, 0.6) is 0 Å². The van der Waals surface area contributed by atoms with Crippen LogP contribution in [0.15, 0.2) is 24.3 Å². The Bertz CT molecular complexity index is 261. The summed E-state index contributed by atoms with van der Waals surface area (Å²) >= 11 is 0. The van der Waals surface area contributed by atoms with E-state index in [2.05, 4.69) is 9.24 Å². The molecule has 0 aliphatic rings. The van der Waals surface area contributed by atoms with Gasteiger partial charge in [0.1, 0.15) is 0 Å². The fraction of sp³-hybridized carbons (Fsp3) is 0. The SMILES string of the molecule is O=[N+]([O-])c1ccc(P)cc1.[H-].[H-].[Na+].[Na+]. The smallest absolute Gasteiger partial charge is 1.00 e. The van der Waals surface area contributed by atoms with Crippen molar-refractivity contribution in [3.05, 3.63) is 34.4 Å². The van der Waals surface area contributed by atoms with Crippen LogP contribution < -0.4 is 64.4 Å². The van der Waals surface area contributed by atoms with Crippen molar-refractivity contribution in [2.75, 3.05) is 0 Å². The van der Waals surface area contributed by atoms with E-state index in [1.54, 1.807) is 12.1 Å². The number of hydrogen-bond donors (Lipinski definition) is 0. The molecule has 1 aromatic carbocycles. The summed E-state index contributed by atoms with van der Waals surface area (Å²) in [6.07, 6.45) is 0. The van der Waals surface area contributed by atoms with Gasteiger partial charge in [0.15, 0.2) is 0 Å². The van der Waals surface area contributed by atoms with Crippen LogP contribution in [0.3, 0.4) is 0 Å². The molecule has 1 aromatic rings. The molecule has 56 valence electrons. The zero-order valence-corrected chi connectivity index (χ0v) is 12.3. The molecule has 0 heterocycles. The maximum absolute atomic E-state index is 10.1. The Morgan fingerprint density at radius 3 is 2.00 bits per heavy atom. The first-order valence-electron chi connectivity index (χ1n) is 2.70. The number of non-ortho nitro benzene ring substituents is 1. The summed E-state index contributed by atoms with van der Waals surface area (Å²) in [5, 5.41) is 11.1. The van der Waals surface area contributed by atoms with Gasteiger partial charge in [-0.3, -0.25) is 10.1 Å². The van der Waals surface area contributed by atoms with E-state index >= 15 is 0 Å². The third-order valence-electron chi connectivity index (χ3n) is 1.10. The molecule has 0 saturated heterocycles. The Hall–Kier alpha value is 1.05. The summed E-state index contributed by atoms with van der Waals surface area (Å²) in [7, 11) is 2.46. The average molecular weight is 203 g/mol. The van der Waals surface area contributed by atoms with Crippen LogP contribution in [-0.2, 0) is 0 Å². The average Bonchev–Trinajstić information content (AvgIpc) is 1.88. The minimum Gasteiger partial charge on any atom is -1.00 e. The molecule has 1 unspecified atom stereocenters. The first-order valence-corrected chi connectivity index (χ1v) is 3.28. The second-order valence-electron chi connectivity index (χ2n) is 1.85. The first-order chi connectivity index (χ1) is 4.70. The van der Waals surface area contributed by atoms with Crippen molar-refractivity contribution >= 4 is 20.2 Å². The molecule has 0 aliphatic carbocycles. The number of nitro benzene ring substituents is 1. The van der Waals surface area contributed by atoms with Crippen LogP contribution >= 0.6 is 9.24 Å². The van der Waals surface area contributed by atoms with Crippen molar-refractivity contribution < 1.29 is 66.9 Å². The Kier molecular flexibility index (Phi) is 9.64. The fourth-order valence-corrected chi connectivity index (χ4v) is 0.788. The van der Waals surface area contributed by atoms with Crippen LogP contribution in [0.4, 0.5) is 5.69 Å². The summed E-state index contributed by atoms with van der Waals surface area (Å²) < 4.78 is 0. The van der Waals surface area contributed by atoms with E-state index < -0.39 is 4.92 Å². The predicted molar refractivity (Wildman–Crippen MR) is 44.7 cm³/mol. The van der Waals surface area contributed by atoms with Gasteiger partial charge >= 0.3 is 59.1 Å². The van der Waals surface area contributed by atoms with Gasteiger partial charge in [0.2, 0.25) is 0 Å². The molecule has 6 heteroatoms. The van der Waals surface area contributed by atoms with Gasteiger partial charge in [-0.15, -0.1) is 9.24 Å². The Morgan fingerprint density at radius 2 is 1.67 bits per heavy atom. The largest absolute Gasteiger partial charge is 1.00 e. The van der Waals surface area contributed by atoms with Crippen LogP contribution in [0.25, 0.3) is 0 Å². The monoisotopic (exact) mass is 203 g/mol. The van der Waals surface area contributed by atoms with E-state index in [0.29, 0.717) is 0 Å². The van der Waals surface area contributed by atoms with Gasteiger partial charge in [-0.1, -0.05) is 0 Å². The zero-order valence-electron chi connectivity index (χ0n) is 9.15. The molecule has 3 nitrogen and oxygen atoms in total. The Labute approximate surface area is 120 Å². The number of benzene rings is 1. The van der Waals surface area contributed by atoms with Gasteiger partial charge in [0, 0.05) is 12.1 Å². The van der Waals surface area contributed by atoms with E-state index in [-0.39, 0.29) is 67.7 Å². The Morgan fingerprint density at radius 1 is 1.25 bits per heavy atom. The third kappa shape index (κ3) is 4.93. The zero-order chi connectivity index (χ0) is 7.56. The normalized spacial score (nSPS) is 7.75. The van der Waals surface area contributed by atoms with Gasteiger partial charge < -0.3 is 2.85 Å². The summed E-state index contributed by atoms with van der Waals surface area (Å²) in [6, 6.07) is 6.32. The number of rotatable bonds is 1. The van der Waals surface area contributed by atoms with Crippen LogP contribution in [-0.4, -0.2) is 4.92 Å². The van der Waals surface area contributed by atoms with Crippen molar-refractivity contribution in [2.45, 2.75) is 0 Å². The standard InChI is InChI=1S/C6H6NO2P.2Na.2H/c8-7(9)5-1-3-6(10)4-2-5;;;;/h1-4H,10H2;;;;/q;2*+1;2*-1. The van der Waals surface area contributed by atoms with Gasteiger partial charge in [0.25, 0.3) is 5.69 Å². The predicted octanol–water partition coefficient (Wildman–Crippen LogP) is -4.67. The fourth-order valence-electron chi connectivity index (χ4n) is 0.596. The summed E-state index contributed by atoms with van der Waals surface area (Å²) in [5.41, 5.74) is 0.131. The molecule has 0 N–H and O–H groups in total. The molecule has 0 bridgehead atoms. The van der Waals surface area contributed by atoms with Crippen LogP contribution in [0.2, 0.25) is 0 Å². The number of hydrogen-bond acceptors (Lipinski definition) is 2. The van der Waals surface area contributed by atoms with Gasteiger partial charge in [-0.05, 0) is 17.4 Å². The minimum atomic E-state index is -0.413. The molecule has 0 radical (unpaired) electrons. The molecule has 1 rings (SSSR count). The third-order valence-corrected chi connectivity index (χ3v) is 1.49. The van der Waals surface area contributed by atoms with E-state index in [4.69, 9.17) is 0 Å². The van der Waals surface area contributed by atoms with Crippen molar-refractivity contribution in [3.8, 4) is 0 Å². The molecular weight excluding hydrogens is 195 g/mol.